The molecular weight excluding hydrogens is 384 g/mol. The molecule has 0 fully saturated rings. The quantitative estimate of drug-likeness (QED) is 0.300. The zero-order valence-electron chi connectivity index (χ0n) is 12.6. The third-order valence-electron chi connectivity index (χ3n) is 2.92. The maximum Gasteiger partial charge on any atom is 0.188 e. The Labute approximate surface area is 143 Å². The van der Waals surface area contributed by atoms with Crippen LogP contribution in [0.1, 0.15) is 33.1 Å². The summed E-state index contributed by atoms with van der Waals surface area (Å²) in [5, 5.41) is 3.11. The Balaban J connectivity index is 0.00000400. The van der Waals surface area contributed by atoms with Crippen molar-refractivity contribution in [3.05, 3.63) is 30.1 Å². The Hall–Kier alpha value is -1.05. The first-order valence-corrected chi connectivity index (χ1v) is 7.06. The van der Waals surface area contributed by atoms with E-state index in [2.05, 4.69) is 24.2 Å². The third kappa shape index (κ3) is 9.49. The number of hydrogen-bond acceptors (Lipinski definition) is 2. The van der Waals surface area contributed by atoms with E-state index in [4.69, 9.17) is 10.5 Å². The van der Waals surface area contributed by atoms with E-state index >= 15 is 0 Å². The number of halogens is 2. The molecule has 0 aromatic heterocycles. The molecule has 0 aliphatic carbocycles. The van der Waals surface area contributed by atoms with Crippen LogP contribution in [-0.4, -0.2) is 25.2 Å². The number of nitrogens with two attached hydrogens (primary N) is 1. The van der Waals surface area contributed by atoms with Gasteiger partial charge in [-0.05, 0) is 50.5 Å². The second-order valence-electron chi connectivity index (χ2n) is 4.73. The molecule has 4 nitrogen and oxygen atoms in total. The number of benzene rings is 1. The summed E-state index contributed by atoms with van der Waals surface area (Å²) in [6.07, 6.45) is 2.81. The van der Waals surface area contributed by atoms with Crippen molar-refractivity contribution >= 4 is 29.9 Å². The Morgan fingerprint density at radius 2 is 2.00 bits per heavy atom. The molecule has 3 N–H and O–H groups in total. The molecular formula is C15H25FIN3O. The lowest BCUT2D eigenvalue weighted by atomic mass is 10.3. The third-order valence-corrected chi connectivity index (χ3v) is 2.92. The van der Waals surface area contributed by atoms with Gasteiger partial charge in [0.05, 0.1) is 6.61 Å². The Morgan fingerprint density at radius 3 is 2.62 bits per heavy atom. The van der Waals surface area contributed by atoms with Crippen LogP contribution in [0.5, 0.6) is 5.75 Å². The molecule has 0 aliphatic heterocycles. The molecule has 1 rings (SSSR count). The number of rotatable bonds is 8. The van der Waals surface area contributed by atoms with Gasteiger partial charge >= 0.3 is 0 Å². The molecule has 0 radical (unpaired) electrons. The van der Waals surface area contributed by atoms with E-state index in [-0.39, 0.29) is 29.8 Å². The number of unbranched alkanes of at least 4 members (excludes halogenated alkanes) is 1. The highest BCUT2D eigenvalue weighted by atomic mass is 127. The largest absolute Gasteiger partial charge is 0.494 e. The summed E-state index contributed by atoms with van der Waals surface area (Å²) in [6, 6.07) is 6.38. The molecule has 0 amide bonds. The van der Waals surface area contributed by atoms with Crippen molar-refractivity contribution < 1.29 is 9.13 Å². The van der Waals surface area contributed by atoms with Crippen LogP contribution < -0.4 is 15.8 Å². The van der Waals surface area contributed by atoms with Gasteiger partial charge in [-0.2, -0.15) is 0 Å². The van der Waals surface area contributed by atoms with E-state index in [1.807, 2.05) is 0 Å². The minimum atomic E-state index is -0.254. The standard InChI is InChI=1S/C15H24FN3O.HI/c1-3-12(2)19-15(17)18-10-4-5-11-20-14-8-6-13(16)7-9-14;/h6-9,12H,3-5,10-11H2,1-2H3,(H3,17,18,19);1H. The van der Waals surface area contributed by atoms with E-state index in [9.17, 15) is 4.39 Å². The van der Waals surface area contributed by atoms with Crippen molar-refractivity contribution in [1.82, 2.24) is 5.32 Å². The van der Waals surface area contributed by atoms with Gasteiger partial charge < -0.3 is 15.8 Å². The van der Waals surface area contributed by atoms with Crippen LogP contribution in [-0.2, 0) is 0 Å². The molecule has 120 valence electrons. The van der Waals surface area contributed by atoms with Crippen LogP contribution in [0.2, 0.25) is 0 Å². The number of ether oxygens (including phenoxy) is 1. The van der Waals surface area contributed by atoms with Crippen molar-refractivity contribution in [3.63, 3.8) is 0 Å². The van der Waals surface area contributed by atoms with E-state index < -0.39 is 0 Å². The molecule has 0 saturated heterocycles. The van der Waals surface area contributed by atoms with Crippen LogP contribution in [0, 0.1) is 5.82 Å². The van der Waals surface area contributed by atoms with E-state index in [0.29, 0.717) is 30.9 Å². The predicted molar refractivity (Wildman–Crippen MR) is 95.9 cm³/mol. The molecule has 0 heterocycles. The zero-order valence-corrected chi connectivity index (χ0v) is 15.0. The molecule has 0 bridgehead atoms. The second kappa shape index (κ2) is 11.6. The molecule has 1 aromatic rings. The fourth-order valence-electron chi connectivity index (χ4n) is 1.53. The van der Waals surface area contributed by atoms with Gasteiger partial charge in [0.15, 0.2) is 5.96 Å². The van der Waals surface area contributed by atoms with Gasteiger partial charge in [-0.3, -0.25) is 4.99 Å². The van der Waals surface area contributed by atoms with Crippen LogP contribution in [0.25, 0.3) is 0 Å². The second-order valence-corrected chi connectivity index (χ2v) is 4.73. The van der Waals surface area contributed by atoms with Gasteiger partial charge in [0.25, 0.3) is 0 Å². The van der Waals surface area contributed by atoms with Crippen molar-refractivity contribution in [3.8, 4) is 5.75 Å². The highest BCUT2D eigenvalue weighted by molar-refractivity contribution is 14.0. The molecule has 0 saturated carbocycles. The SMILES string of the molecule is CCC(C)NC(N)=NCCCCOc1ccc(F)cc1.I. The maximum absolute atomic E-state index is 12.7. The molecule has 0 spiro atoms. The smallest absolute Gasteiger partial charge is 0.188 e. The molecule has 1 aromatic carbocycles. The number of aliphatic imine (C=N–C) groups is 1. The summed E-state index contributed by atoms with van der Waals surface area (Å²) in [5.41, 5.74) is 5.74. The van der Waals surface area contributed by atoms with Crippen molar-refractivity contribution in [1.29, 1.82) is 0 Å². The summed E-state index contributed by atoms with van der Waals surface area (Å²) in [6.45, 7) is 5.44. The predicted octanol–water partition coefficient (Wildman–Crippen LogP) is 3.31. The summed E-state index contributed by atoms with van der Waals surface area (Å²) < 4.78 is 18.2. The van der Waals surface area contributed by atoms with Crippen LogP contribution in [0.3, 0.4) is 0 Å². The van der Waals surface area contributed by atoms with Gasteiger partial charge in [-0.1, -0.05) is 6.92 Å². The number of hydrogen-bond donors (Lipinski definition) is 2. The molecule has 21 heavy (non-hydrogen) atoms. The molecule has 1 unspecified atom stereocenters. The molecule has 1 atom stereocenters. The topological polar surface area (TPSA) is 59.6 Å². The Bertz CT molecular complexity index is 412. The van der Waals surface area contributed by atoms with Gasteiger partial charge in [-0.15, -0.1) is 24.0 Å². The van der Waals surface area contributed by atoms with Gasteiger partial charge in [0.1, 0.15) is 11.6 Å². The average Bonchev–Trinajstić information content (AvgIpc) is 2.44. The first-order chi connectivity index (χ1) is 9.61. The Kier molecular flexibility index (Phi) is 11.0. The zero-order chi connectivity index (χ0) is 14.8. The molecule has 6 heteroatoms. The lowest BCUT2D eigenvalue weighted by molar-refractivity contribution is 0.307. The van der Waals surface area contributed by atoms with Gasteiger partial charge in [-0.25, -0.2) is 4.39 Å². The lowest BCUT2D eigenvalue weighted by Gasteiger charge is -2.11. The van der Waals surface area contributed by atoms with Crippen LogP contribution in [0.4, 0.5) is 4.39 Å². The van der Waals surface area contributed by atoms with Gasteiger partial charge in [0.2, 0.25) is 0 Å². The highest BCUT2D eigenvalue weighted by Gasteiger charge is 1.98. The first kappa shape index (κ1) is 19.9. The normalized spacial score (nSPS) is 12.4. The average molecular weight is 409 g/mol. The summed E-state index contributed by atoms with van der Waals surface area (Å²) in [7, 11) is 0. The van der Waals surface area contributed by atoms with Gasteiger partial charge in [0, 0.05) is 12.6 Å². The van der Waals surface area contributed by atoms with Crippen LogP contribution >= 0.6 is 24.0 Å². The minimum absolute atomic E-state index is 0. The fraction of sp³-hybridized carbons (Fsp3) is 0.533. The lowest BCUT2D eigenvalue weighted by Crippen LogP contribution is -2.38. The maximum atomic E-state index is 12.7. The van der Waals surface area contributed by atoms with Crippen molar-refractivity contribution in [2.75, 3.05) is 13.2 Å². The molecule has 0 aliphatic rings. The highest BCUT2D eigenvalue weighted by Crippen LogP contribution is 2.11. The number of nitrogens with zero attached hydrogens (tertiary/aromatic N) is 1. The van der Waals surface area contributed by atoms with E-state index in [1.165, 1.54) is 12.1 Å². The van der Waals surface area contributed by atoms with Crippen molar-refractivity contribution in [2.24, 2.45) is 10.7 Å². The summed E-state index contributed by atoms with van der Waals surface area (Å²) in [5.74, 6) is 0.933. The first-order valence-electron chi connectivity index (χ1n) is 7.06. The number of guanidine groups is 1. The van der Waals surface area contributed by atoms with Crippen LogP contribution in [0.15, 0.2) is 29.3 Å². The van der Waals surface area contributed by atoms with Crippen molar-refractivity contribution in [2.45, 2.75) is 39.2 Å². The van der Waals surface area contributed by atoms with E-state index in [0.717, 1.165) is 19.3 Å². The monoisotopic (exact) mass is 409 g/mol. The fourth-order valence-corrected chi connectivity index (χ4v) is 1.53. The minimum Gasteiger partial charge on any atom is -0.494 e. The Morgan fingerprint density at radius 1 is 1.33 bits per heavy atom. The summed E-state index contributed by atoms with van der Waals surface area (Å²) >= 11 is 0. The van der Waals surface area contributed by atoms with E-state index in [1.54, 1.807) is 12.1 Å². The summed E-state index contributed by atoms with van der Waals surface area (Å²) in [4.78, 5) is 4.25. The number of nitrogens with one attached hydrogen (secondary N) is 1.